The first-order valence-electron chi connectivity index (χ1n) is 9.49. The van der Waals surface area contributed by atoms with Crippen molar-refractivity contribution in [2.75, 3.05) is 32.8 Å². The van der Waals surface area contributed by atoms with Crippen LogP contribution in [0.25, 0.3) is 0 Å². The maximum atomic E-state index is 5.75. The fourth-order valence-corrected chi connectivity index (χ4v) is 4.49. The maximum Gasteiger partial charge on any atom is 0.0576 e. The first-order chi connectivity index (χ1) is 10.4. The lowest BCUT2D eigenvalue weighted by atomic mass is 9.83. The van der Waals surface area contributed by atoms with Crippen LogP contribution in [0.1, 0.15) is 64.2 Å². The number of rotatable bonds is 5. The van der Waals surface area contributed by atoms with Gasteiger partial charge in [0.1, 0.15) is 0 Å². The van der Waals surface area contributed by atoms with Crippen LogP contribution in [0.2, 0.25) is 0 Å². The highest BCUT2D eigenvalue weighted by atomic mass is 16.5. The summed E-state index contributed by atoms with van der Waals surface area (Å²) in [6.45, 7) is 6.09. The van der Waals surface area contributed by atoms with Gasteiger partial charge >= 0.3 is 0 Å². The monoisotopic (exact) mass is 294 g/mol. The molecule has 122 valence electrons. The van der Waals surface area contributed by atoms with E-state index in [9.17, 15) is 0 Å². The molecule has 0 radical (unpaired) electrons. The lowest BCUT2D eigenvalue weighted by molar-refractivity contribution is 0.0979. The van der Waals surface area contributed by atoms with E-state index in [0.717, 1.165) is 18.6 Å². The third-order valence-electron chi connectivity index (χ3n) is 5.76. The van der Waals surface area contributed by atoms with Gasteiger partial charge in [0.05, 0.1) is 6.10 Å². The van der Waals surface area contributed by atoms with Crippen LogP contribution in [0.5, 0.6) is 0 Å². The molecule has 1 aliphatic carbocycles. The van der Waals surface area contributed by atoms with Crippen molar-refractivity contribution < 1.29 is 4.74 Å². The fraction of sp³-hybridized carbons (Fsp3) is 1.00. The molecule has 1 saturated carbocycles. The molecule has 3 nitrogen and oxygen atoms in total. The van der Waals surface area contributed by atoms with E-state index in [4.69, 9.17) is 4.74 Å². The van der Waals surface area contributed by atoms with E-state index in [-0.39, 0.29) is 0 Å². The van der Waals surface area contributed by atoms with Gasteiger partial charge in [0.25, 0.3) is 0 Å². The van der Waals surface area contributed by atoms with Crippen molar-refractivity contribution in [1.29, 1.82) is 0 Å². The molecule has 2 atom stereocenters. The van der Waals surface area contributed by atoms with E-state index in [1.165, 1.54) is 90.4 Å². The molecule has 0 aromatic carbocycles. The molecule has 3 fully saturated rings. The zero-order valence-corrected chi connectivity index (χ0v) is 13.7. The number of nitrogens with zero attached hydrogens (tertiary/aromatic N) is 1. The standard InChI is InChI=1S/C18H34N2O/c1-2-7-16(8-3-1)18-15-20(13-6-11-19-18)12-4-9-17-10-5-14-21-17/h16-19H,1-15H2. The van der Waals surface area contributed by atoms with E-state index in [0.29, 0.717) is 6.10 Å². The molecular formula is C18H34N2O. The Morgan fingerprint density at radius 3 is 2.71 bits per heavy atom. The summed E-state index contributed by atoms with van der Waals surface area (Å²) in [4.78, 5) is 2.73. The molecule has 3 aliphatic rings. The molecule has 0 aromatic rings. The molecule has 2 aliphatic heterocycles. The molecule has 2 heterocycles. The third kappa shape index (κ3) is 4.94. The van der Waals surface area contributed by atoms with Crippen LogP contribution < -0.4 is 5.32 Å². The van der Waals surface area contributed by atoms with Gasteiger partial charge in [-0.05, 0) is 70.5 Å². The van der Waals surface area contributed by atoms with Crippen LogP contribution in [0.4, 0.5) is 0 Å². The molecule has 2 saturated heterocycles. The summed E-state index contributed by atoms with van der Waals surface area (Å²) in [5, 5.41) is 3.85. The molecule has 0 spiro atoms. The number of ether oxygens (including phenoxy) is 1. The van der Waals surface area contributed by atoms with Crippen molar-refractivity contribution in [2.24, 2.45) is 5.92 Å². The van der Waals surface area contributed by atoms with E-state index in [2.05, 4.69) is 10.2 Å². The SMILES string of the molecule is C1CCC(C2CN(CCCC3CCCO3)CCCN2)CC1. The minimum absolute atomic E-state index is 0.573. The lowest BCUT2D eigenvalue weighted by Gasteiger charge is -2.33. The minimum atomic E-state index is 0.573. The van der Waals surface area contributed by atoms with E-state index in [1.807, 2.05) is 0 Å². The van der Waals surface area contributed by atoms with Crippen molar-refractivity contribution in [2.45, 2.75) is 76.4 Å². The Morgan fingerprint density at radius 1 is 1.00 bits per heavy atom. The second kappa shape index (κ2) is 8.50. The molecule has 0 amide bonds. The van der Waals surface area contributed by atoms with E-state index in [1.54, 1.807) is 0 Å². The zero-order chi connectivity index (χ0) is 14.3. The highest BCUT2D eigenvalue weighted by molar-refractivity contribution is 4.84. The first-order valence-corrected chi connectivity index (χ1v) is 9.49. The molecule has 21 heavy (non-hydrogen) atoms. The van der Waals surface area contributed by atoms with Gasteiger partial charge in [0.2, 0.25) is 0 Å². The zero-order valence-electron chi connectivity index (χ0n) is 13.7. The Hall–Kier alpha value is -0.120. The average molecular weight is 294 g/mol. The van der Waals surface area contributed by atoms with E-state index < -0.39 is 0 Å². The number of hydrogen-bond acceptors (Lipinski definition) is 3. The smallest absolute Gasteiger partial charge is 0.0576 e. The quantitative estimate of drug-likeness (QED) is 0.843. The van der Waals surface area contributed by atoms with Crippen LogP contribution in [0.3, 0.4) is 0 Å². The minimum Gasteiger partial charge on any atom is -0.378 e. The third-order valence-corrected chi connectivity index (χ3v) is 5.76. The van der Waals surface area contributed by atoms with Crippen molar-refractivity contribution >= 4 is 0 Å². The lowest BCUT2D eigenvalue weighted by Crippen LogP contribution is -2.44. The highest BCUT2D eigenvalue weighted by Gasteiger charge is 2.26. The van der Waals surface area contributed by atoms with Crippen molar-refractivity contribution in [3.05, 3.63) is 0 Å². The molecule has 3 heteroatoms. The summed E-state index contributed by atoms with van der Waals surface area (Å²) in [6.07, 6.45) is 14.4. The summed E-state index contributed by atoms with van der Waals surface area (Å²) >= 11 is 0. The fourth-order valence-electron chi connectivity index (χ4n) is 4.49. The van der Waals surface area contributed by atoms with Gasteiger partial charge in [-0.25, -0.2) is 0 Å². The van der Waals surface area contributed by atoms with Crippen LogP contribution in [0, 0.1) is 5.92 Å². The average Bonchev–Trinajstić information content (AvgIpc) is 2.93. The van der Waals surface area contributed by atoms with Crippen molar-refractivity contribution in [3.8, 4) is 0 Å². The summed E-state index contributed by atoms with van der Waals surface area (Å²) in [5.41, 5.74) is 0. The molecule has 0 bridgehead atoms. The number of nitrogens with one attached hydrogen (secondary N) is 1. The summed E-state index contributed by atoms with van der Waals surface area (Å²) in [6, 6.07) is 0.760. The Kier molecular flexibility index (Phi) is 6.38. The molecule has 0 aromatic heterocycles. The van der Waals surface area contributed by atoms with Crippen LogP contribution >= 0.6 is 0 Å². The maximum absolute atomic E-state index is 5.75. The predicted octanol–water partition coefficient (Wildman–Crippen LogP) is 3.19. The predicted molar refractivity (Wildman–Crippen MR) is 87.6 cm³/mol. The van der Waals surface area contributed by atoms with Gasteiger partial charge in [-0.2, -0.15) is 0 Å². The van der Waals surface area contributed by atoms with Crippen LogP contribution in [-0.4, -0.2) is 49.8 Å². The summed E-state index contributed by atoms with van der Waals surface area (Å²) < 4.78 is 5.75. The van der Waals surface area contributed by atoms with Gasteiger partial charge in [-0.3, -0.25) is 0 Å². The second-order valence-corrected chi connectivity index (χ2v) is 7.39. The van der Waals surface area contributed by atoms with E-state index >= 15 is 0 Å². The van der Waals surface area contributed by atoms with Crippen molar-refractivity contribution in [1.82, 2.24) is 10.2 Å². The van der Waals surface area contributed by atoms with Gasteiger partial charge in [0.15, 0.2) is 0 Å². The van der Waals surface area contributed by atoms with Crippen molar-refractivity contribution in [3.63, 3.8) is 0 Å². The van der Waals surface area contributed by atoms with Gasteiger partial charge in [-0.15, -0.1) is 0 Å². The highest BCUT2D eigenvalue weighted by Crippen LogP contribution is 2.27. The Morgan fingerprint density at radius 2 is 1.90 bits per heavy atom. The molecule has 1 N–H and O–H groups in total. The van der Waals surface area contributed by atoms with Crippen LogP contribution in [-0.2, 0) is 4.74 Å². The normalized spacial score (nSPS) is 33.1. The van der Waals surface area contributed by atoms with Gasteiger partial charge in [0, 0.05) is 19.2 Å². The summed E-state index contributed by atoms with van der Waals surface area (Å²) in [7, 11) is 0. The molecule has 3 rings (SSSR count). The Labute approximate surface area is 130 Å². The van der Waals surface area contributed by atoms with Gasteiger partial charge < -0.3 is 15.0 Å². The summed E-state index contributed by atoms with van der Waals surface area (Å²) in [5.74, 6) is 0.942. The van der Waals surface area contributed by atoms with Gasteiger partial charge in [-0.1, -0.05) is 19.3 Å². The van der Waals surface area contributed by atoms with Crippen LogP contribution in [0.15, 0.2) is 0 Å². The number of hydrogen-bond donors (Lipinski definition) is 1. The Bertz CT molecular complexity index is 285. The molecule has 2 unspecified atom stereocenters. The molecular weight excluding hydrogens is 260 g/mol. The largest absolute Gasteiger partial charge is 0.378 e. The topological polar surface area (TPSA) is 24.5 Å². The first kappa shape index (κ1) is 15.8. The second-order valence-electron chi connectivity index (χ2n) is 7.39. The Balaban J connectivity index is 1.40.